The summed E-state index contributed by atoms with van der Waals surface area (Å²) in [5.74, 6) is -0.0128. The van der Waals surface area contributed by atoms with Crippen LogP contribution in [0, 0.1) is 0 Å². The van der Waals surface area contributed by atoms with E-state index in [1.165, 1.54) is 5.57 Å². The molecule has 1 heteroatoms. The van der Waals surface area contributed by atoms with Crippen LogP contribution in [0.3, 0.4) is 0 Å². The van der Waals surface area contributed by atoms with Crippen molar-refractivity contribution in [2.45, 2.75) is 27.2 Å². The zero-order valence-electron chi connectivity index (χ0n) is 7.24. The summed E-state index contributed by atoms with van der Waals surface area (Å²) in [6.45, 7) is 5.83. The summed E-state index contributed by atoms with van der Waals surface area (Å²) < 4.78 is 13.0. The van der Waals surface area contributed by atoms with Crippen LogP contribution < -0.4 is 0 Å². The van der Waals surface area contributed by atoms with Crippen molar-refractivity contribution in [3.8, 4) is 0 Å². The van der Waals surface area contributed by atoms with Crippen molar-refractivity contribution in [3.63, 3.8) is 0 Å². The van der Waals surface area contributed by atoms with Gasteiger partial charge in [0.05, 0.1) is 0 Å². The lowest BCUT2D eigenvalue weighted by Gasteiger charge is -1.96. The molecule has 0 amide bonds. The van der Waals surface area contributed by atoms with Crippen molar-refractivity contribution in [3.05, 3.63) is 34.7 Å². The molecule has 0 atom stereocenters. The molecule has 0 nitrogen and oxygen atoms in total. The van der Waals surface area contributed by atoms with E-state index in [2.05, 4.69) is 0 Å². The second-order valence-corrected chi connectivity index (χ2v) is 3.01. The van der Waals surface area contributed by atoms with E-state index in [4.69, 9.17) is 0 Å². The number of hydrogen-bond acceptors (Lipinski definition) is 0. The third-order valence-electron chi connectivity index (χ3n) is 2.07. The average molecular weight is 152 g/mol. The van der Waals surface area contributed by atoms with E-state index in [1.807, 2.05) is 32.9 Å². The lowest BCUT2D eigenvalue weighted by Crippen LogP contribution is -1.76. The number of halogens is 1. The van der Waals surface area contributed by atoms with Crippen LogP contribution >= 0.6 is 0 Å². The van der Waals surface area contributed by atoms with Crippen LogP contribution in [-0.4, -0.2) is 0 Å². The summed E-state index contributed by atoms with van der Waals surface area (Å²) in [6.07, 6.45) is 4.28. The molecule has 1 aliphatic rings. The van der Waals surface area contributed by atoms with Gasteiger partial charge >= 0.3 is 0 Å². The van der Waals surface area contributed by atoms with Gasteiger partial charge in [-0.3, -0.25) is 0 Å². The van der Waals surface area contributed by atoms with Gasteiger partial charge in [0.15, 0.2) is 0 Å². The number of allylic oxidation sites excluding steroid dienone is 6. The predicted octanol–water partition coefficient (Wildman–Crippen LogP) is 3.53. The smallest absolute Gasteiger partial charge is 0.107 e. The maximum absolute atomic E-state index is 13.0. The van der Waals surface area contributed by atoms with Gasteiger partial charge in [-0.15, -0.1) is 0 Å². The topological polar surface area (TPSA) is 0 Å². The summed E-state index contributed by atoms with van der Waals surface area (Å²) in [4.78, 5) is 0. The van der Waals surface area contributed by atoms with E-state index in [0.717, 1.165) is 11.1 Å². The Hall–Kier alpha value is -0.850. The van der Waals surface area contributed by atoms with E-state index in [9.17, 15) is 4.39 Å². The zero-order valence-corrected chi connectivity index (χ0v) is 7.24. The van der Waals surface area contributed by atoms with Crippen molar-refractivity contribution in [2.24, 2.45) is 0 Å². The Labute approximate surface area is 67.1 Å². The summed E-state index contributed by atoms with van der Waals surface area (Å²) in [5.41, 5.74) is 3.10. The van der Waals surface area contributed by atoms with Crippen LogP contribution in [0.1, 0.15) is 27.2 Å². The fourth-order valence-corrected chi connectivity index (χ4v) is 1.08. The molecule has 0 saturated carbocycles. The van der Waals surface area contributed by atoms with Crippen molar-refractivity contribution < 1.29 is 4.39 Å². The van der Waals surface area contributed by atoms with E-state index >= 15 is 0 Å². The first-order valence-electron chi connectivity index (χ1n) is 3.82. The first kappa shape index (κ1) is 8.25. The summed E-state index contributed by atoms with van der Waals surface area (Å²) in [5, 5.41) is 0. The number of hydrogen-bond donors (Lipinski definition) is 0. The summed E-state index contributed by atoms with van der Waals surface area (Å²) in [6, 6.07) is 0. The van der Waals surface area contributed by atoms with Gasteiger partial charge in [0.25, 0.3) is 0 Å². The molecule has 60 valence electrons. The molecular weight excluding hydrogens is 139 g/mol. The molecule has 0 N–H and O–H groups in total. The van der Waals surface area contributed by atoms with E-state index < -0.39 is 0 Å². The molecular formula is C10H13F. The molecule has 0 aromatic carbocycles. The van der Waals surface area contributed by atoms with Crippen molar-refractivity contribution >= 4 is 0 Å². The molecule has 0 heterocycles. The van der Waals surface area contributed by atoms with E-state index in [1.54, 1.807) is 0 Å². The molecule has 0 fully saturated rings. The Morgan fingerprint density at radius 1 is 1.18 bits per heavy atom. The van der Waals surface area contributed by atoms with E-state index in [0.29, 0.717) is 6.42 Å². The van der Waals surface area contributed by atoms with E-state index in [-0.39, 0.29) is 5.83 Å². The normalized spacial score (nSPS) is 19.3. The standard InChI is InChI=1S/C10H13F/c1-7-4-5-10(11)9(3)6-8(7)2/h4,6H,5H2,1-3H3. The largest absolute Gasteiger partial charge is 0.211 e. The Bertz CT molecular complexity index is 254. The minimum atomic E-state index is -0.0128. The molecule has 0 aromatic heterocycles. The average Bonchev–Trinajstić information content (AvgIpc) is 2.05. The van der Waals surface area contributed by atoms with Gasteiger partial charge in [-0.1, -0.05) is 17.7 Å². The molecule has 0 spiro atoms. The second-order valence-electron chi connectivity index (χ2n) is 3.01. The fourth-order valence-electron chi connectivity index (χ4n) is 1.08. The predicted molar refractivity (Wildman–Crippen MR) is 45.9 cm³/mol. The monoisotopic (exact) mass is 152 g/mol. The zero-order chi connectivity index (χ0) is 8.43. The van der Waals surface area contributed by atoms with Crippen LogP contribution in [0.5, 0.6) is 0 Å². The highest BCUT2D eigenvalue weighted by atomic mass is 19.1. The maximum atomic E-state index is 13.0. The van der Waals surface area contributed by atoms with Gasteiger partial charge in [-0.25, -0.2) is 4.39 Å². The van der Waals surface area contributed by atoms with Crippen LogP contribution in [-0.2, 0) is 0 Å². The molecule has 0 radical (unpaired) electrons. The van der Waals surface area contributed by atoms with Gasteiger partial charge in [0.2, 0.25) is 0 Å². The first-order chi connectivity index (χ1) is 5.11. The highest BCUT2D eigenvalue weighted by molar-refractivity contribution is 5.38. The minimum Gasteiger partial charge on any atom is -0.211 e. The van der Waals surface area contributed by atoms with Gasteiger partial charge in [0, 0.05) is 6.42 Å². The van der Waals surface area contributed by atoms with Crippen LogP contribution in [0.2, 0.25) is 0 Å². The van der Waals surface area contributed by atoms with Crippen molar-refractivity contribution in [2.75, 3.05) is 0 Å². The van der Waals surface area contributed by atoms with Gasteiger partial charge in [-0.05, 0) is 31.9 Å². The third-order valence-corrected chi connectivity index (χ3v) is 2.07. The molecule has 0 aliphatic heterocycles. The lowest BCUT2D eigenvalue weighted by atomic mass is 10.1. The fraction of sp³-hybridized carbons (Fsp3) is 0.400. The molecule has 11 heavy (non-hydrogen) atoms. The highest BCUT2D eigenvalue weighted by Crippen LogP contribution is 2.22. The highest BCUT2D eigenvalue weighted by Gasteiger charge is 2.04. The molecule has 0 bridgehead atoms. The molecule has 0 saturated heterocycles. The van der Waals surface area contributed by atoms with Crippen LogP contribution in [0.4, 0.5) is 4.39 Å². The molecule has 1 rings (SSSR count). The maximum Gasteiger partial charge on any atom is 0.107 e. The number of rotatable bonds is 0. The first-order valence-corrected chi connectivity index (χ1v) is 3.82. The lowest BCUT2D eigenvalue weighted by molar-refractivity contribution is 0.609. The van der Waals surface area contributed by atoms with Crippen LogP contribution in [0.15, 0.2) is 34.7 Å². The second kappa shape index (κ2) is 3.04. The summed E-state index contributed by atoms with van der Waals surface area (Å²) in [7, 11) is 0. The SMILES string of the molecule is CC1=CCC(F)=C(C)C=C1C. The third kappa shape index (κ3) is 1.79. The van der Waals surface area contributed by atoms with Gasteiger partial charge < -0.3 is 0 Å². The molecule has 0 unspecified atom stereocenters. The Balaban J connectivity index is 3.04. The van der Waals surface area contributed by atoms with Crippen molar-refractivity contribution in [1.82, 2.24) is 0 Å². The summed E-state index contributed by atoms with van der Waals surface area (Å²) >= 11 is 0. The molecule has 0 aromatic rings. The van der Waals surface area contributed by atoms with Gasteiger partial charge in [0.1, 0.15) is 5.83 Å². The van der Waals surface area contributed by atoms with Crippen LogP contribution in [0.25, 0.3) is 0 Å². The Kier molecular flexibility index (Phi) is 2.28. The van der Waals surface area contributed by atoms with Gasteiger partial charge in [-0.2, -0.15) is 0 Å². The Morgan fingerprint density at radius 2 is 1.82 bits per heavy atom. The minimum absolute atomic E-state index is 0.0128. The van der Waals surface area contributed by atoms with Crippen molar-refractivity contribution in [1.29, 1.82) is 0 Å². The molecule has 1 aliphatic carbocycles. The quantitative estimate of drug-likeness (QED) is 0.498. The Morgan fingerprint density at radius 3 is 2.45 bits per heavy atom.